The van der Waals surface area contributed by atoms with Crippen molar-refractivity contribution < 1.29 is 19.2 Å². The average molecular weight is 268 g/mol. The van der Waals surface area contributed by atoms with Crippen LogP contribution in [0, 0.1) is 23.7 Å². The molecular formula is C15H24O4. The molecule has 0 aromatic heterocycles. The topological polar surface area (TPSA) is 36.9 Å². The zero-order chi connectivity index (χ0) is 13.3. The lowest BCUT2D eigenvalue weighted by molar-refractivity contribution is -0.566. The molecular weight excluding hydrogens is 244 g/mol. The van der Waals surface area contributed by atoms with E-state index in [0.717, 1.165) is 19.4 Å². The second-order valence-corrected chi connectivity index (χ2v) is 7.22. The summed E-state index contributed by atoms with van der Waals surface area (Å²) in [6, 6.07) is 0. The fourth-order valence-corrected chi connectivity index (χ4v) is 4.88. The number of hydrogen-bond acceptors (Lipinski definition) is 4. The first-order valence-electron chi connectivity index (χ1n) is 7.71. The zero-order valence-corrected chi connectivity index (χ0v) is 12.1. The van der Waals surface area contributed by atoms with Gasteiger partial charge in [-0.25, -0.2) is 9.78 Å². The first kappa shape index (κ1) is 12.6. The van der Waals surface area contributed by atoms with E-state index in [2.05, 4.69) is 13.8 Å². The molecule has 1 spiro atoms. The van der Waals surface area contributed by atoms with E-state index < -0.39 is 5.79 Å². The predicted molar refractivity (Wildman–Crippen MR) is 67.9 cm³/mol. The van der Waals surface area contributed by atoms with Crippen LogP contribution in [0.2, 0.25) is 0 Å². The van der Waals surface area contributed by atoms with Crippen molar-refractivity contribution in [2.45, 2.75) is 64.1 Å². The quantitative estimate of drug-likeness (QED) is 0.633. The van der Waals surface area contributed by atoms with Crippen molar-refractivity contribution in [3.63, 3.8) is 0 Å². The van der Waals surface area contributed by atoms with Crippen LogP contribution in [0.5, 0.6) is 0 Å². The Kier molecular flexibility index (Phi) is 2.61. The summed E-state index contributed by atoms with van der Waals surface area (Å²) >= 11 is 0. The van der Waals surface area contributed by atoms with Crippen LogP contribution in [-0.2, 0) is 19.2 Å². The van der Waals surface area contributed by atoms with Gasteiger partial charge in [0.25, 0.3) is 0 Å². The maximum absolute atomic E-state index is 6.16. The van der Waals surface area contributed by atoms with Gasteiger partial charge in [-0.05, 0) is 43.9 Å². The van der Waals surface area contributed by atoms with Crippen molar-refractivity contribution in [3.8, 4) is 0 Å². The molecule has 5 rings (SSSR count). The molecule has 2 unspecified atom stereocenters. The Balaban J connectivity index is 1.81. The highest BCUT2D eigenvalue weighted by atomic mass is 17.3. The summed E-state index contributed by atoms with van der Waals surface area (Å²) in [7, 11) is 0. The van der Waals surface area contributed by atoms with E-state index >= 15 is 0 Å². The summed E-state index contributed by atoms with van der Waals surface area (Å²) in [4.78, 5) is 11.7. The summed E-state index contributed by atoms with van der Waals surface area (Å²) < 4.78 is 12.2. The zero-order valence-electron chi connectivity index (χ0n) is 12.1. The fourth-order valence-electron chi connectivity index (χ4n) is 4.88. The van der Waals surface area contributed by atoms with Gasteiger partial charge in [-0.1, -0.05) is 13.8 Å². The van der Waals surface area contributed by atoms with Crippen LogP contribution in [0.25, 0.3) is 0 Å². The minimum absolute atomic E-state index is 0.248. The Labute approximate surface area is 114 Å². The fraction of sp³-hybridized carbons (Fsp3) is 1.00. The van der Waals surface area contributed by atoms with Crippen molar-refractivity contribution in [3.05, 3.63) is 0 Å². The average Bonchev–Trinajstić information content (AvgIpc) is 2.61. The van der Waals surface area contributed by atoms with Crippen LogP contribution in [0.1, 0.15) is 46.5 Å². The largest absolute Gasteiger partial charge is 0.349 e. The number of ether oxygens (including phenoxy) is 2. The van der Waals surface area contributed by atoms with Gasteiger partial charge in [-0.3, -0.25) is 0 Å². The molecule has 4 saturated heterocycles. The predicted octanol–water partition coefficient (Wildman–Crippen LogP) is 2.87. The Morgan fingerprint density at radius 3 is 2.58 bits per heavy atom. The molecule has 7 atom stereocenters. The first-order chi connectivity index (χ1) is 9.05. The Morgan fingerprint density at radius 2 is 1.74 bits per heavy atom. The highest BCUT2D eigenvalue weighted by molar-refractivity contribution is 5.08. The Morgan fingerprint density at radius 1 is 0.947 bits per heavy atom. The molecule has 4 aliphatic heterocycles. The SMILES string of the molecule is CC1COC2O[C@@]3(C)CC[C@H]4[C@H](C)CC[C@@H]1[C@@]24OO3. The molecule has 0 aromatic rings. The van der Waals surface area contributed by atoms with Gasteiger partial charge in [0.1, 0.15) is 0 Å². The minimum Gasteiger partial charge on any atom is -0.349 e. The standard InChI is InChI=1S/C15H24O4/c1-9-4-5-11-10(2)8-16-13-15(11)12(9)6-7-14(3,17-13)18-19-15/h9-13H,4-8H2,1-3H3/t9-,10?,11+,12+,13?,14-,15+/m1/s1. The van der Waals surface area contributed by atoms with Gasteiger partial charge in [0.2, 0.25) is 5.79 Å². The molecule has 0 amide bonds. The van der Waals surface area contributed by atoms with E-state index in [9.17, 15) is 0 Å². The summed E-state index contributed by atoms with van der Waals surface area (Å²) in [6.45, 7) is 7.36. The third kappa shape index (κ3) is 1.54. The summed E-state index contributed by atoms with van der Waals surface area (Å²) in [5.74, 6) is 1.53. The summed E-state index contributed by atoms with van der Waals surface area (Å²) in [6.07, 6.45) is 4.24. The summed E-state index contributed by atoms with van der Waals surface area (Å²) in [5, 5.41) is 0. The lowest BCUT2D eigenvalue weighted by atomic mass is 9.58. The molecule has 0 aromatic carbocycles. The van der Waals surface area contributed by atoms with E-state index in [-0.39, 0.29) is 11.9 Å². The van der Waals surface area contributed by atoms with Crippen LogP contribution in [0.15, 0.2) is 0 Å². The molecule has 4 nitrogen and oxygen atoms in total. The molecule has 1 aliphatic carbocycles. The van der Waals surface area contributed by atoms with E-state index in [1.54, 1.807) is 0 Å². The van der Waals surface area contributed by atoms with Gasteiger partial charge in [0.05, 0.1) is 6.61 Å². The van der Waals surface area contributed by atoms with Gasteiger partial charge in [0.15, 0.2) is 11.9 Å². The smallest absolute Gasteiger partial charge is 0.201 e. The molecule has 5 fully saturated rings. The van der Waals surface area contributed by atoms with Crippen LogP contribution in [0.4, 0.5) is 0 Å². The maximum Gasteiger partial charge on any atom is 0.201 e. The van der Waals surface area contributed by atoms with E-state index in [1.165, 1.54) is 12.8 Å². The van der Waals surface area contributed by atoms with E-state index in [4.69, 9.17) is 19.2 Å². The van der Waals surface area contributed by atoms with Gasteiger partial charge in [-0.15, -0.1) is 0 Å². The Hall–Kier alpha value is -0.160. The molecule has 4 heterocycles. The molecule has 5 aliphatic rings. The molecule has 108 valence electrons. The minimum atomic E-state index is -0.627. The van der Waals surface area contributed by atoms with Crippen molar-refractivity contribution in [2.24, 2.45) is 23.7 Å². The van der Waals surface area contributed by atoms with Crippen molar-refractivity contribution in [2.75, 3.05) is 6.61 Å². The molecule has 4 heteroatoms. The van der Waals surface area contributed by atoms with Crippen molar-refractivity contribution in [1.29, 1.82) is 0 Å². The lowest BCUT2D eigenvalue weighted by Crippen LogP contribution is -2.68. The monoisotopic (exact) mass is 268 g/mol. The van der Waals surface area contributed by atoms with Crippen LogP contribution >= 0.6 is 0 Å². The molecule has 19 heavy (non-hydrogen) atoms. The second kappa shape index (κ2) is 3.94. The van der Waals surface area contributed by atoms with Gasteiger partial charge in [0, 0.05) is 12.3 Å². The van der Waals surface area contributed by atoms with Crippen molar-refractivity contribution in [1.82, 2.24) is 0 Å². The molecule has 0 radical (unpaired) electrons. The van der Waals surface area contributed by atoms with E-state index in [1.807, 2.05) is 6.92 Å². The maximum atomic E-state index is 6.16. The lowest BCUT2D eigenvalue weighted by Gasteiger charge is -2.58. The van der Waals surface area contributed by atoms with Gasteiger partial charge >= 0.3 is 0 Å². The Bertz CT molecular complexity index is 386. The van der Waals surface area contributed by atoms with E-state index in [0.29, 0.717) is 23.7 Å². The van der Waals surface area contributed by atoms with Crippen LogP contribution in [-0.4, -0.2) is 24.3 Å². The highest BCUT2D eigenvalue weighted by Gasteiger charge is 2.67. The second-order valence-electron chi connectivity index (χ2n) is 7.22. The molecule has 0 N–H and O–H groups in total. The third-order valence-corrected chi connectivity index (χ3v) is 5.97. The normalized spacial score (nSPS) is 60.5. The molecule has 2 bridgehead atoms. The van der Waals surface area contributed by atoms with Crippen LogP contribution in [0.3, 0.4) is 0 Å². The molecule has 1 saturated carbocycles. The number of fused-ring (bicyclic) bond motifs is 2. The third-order valence-electron chi connectivity index (χ3n) is 5.97. The first-order valence-corrected chi connectivity index (χ1v) is 7.71. The number of rotatable bonds is 0. The highest BCUT2D eigenvalue weighted by Crippen LogP contribution is 2.59. The van der Waals surface area contributed by atoms with Crippen molar-refractivity contribution >= 4 is 0 Å². The van der Waals surface area contributed by atoms with Gasteiger partial charge < -0.3 is 9.47 Å². The summed E-state index contributed by atoms with van der Waals surface area (Å²) in [5.41, 5.74) is -0.370. The number of hydrogen-bond donors (Lipinski definition) is 0. The van der Waals surface area contributed by atoms with Gasteiger partial charge in [-0.2, -0.15) is 0 Å². The van der Waals surface area contributed by atoms with Crippen LogP contribution < -0.4 is 0 Å².